The number of para-hydroxylation sites is 1. The van der Waals surface area contributed by atoms with Crippen LogP contribution < -0.4 is 15.4 Å². The summed E-state index contributed by atoms with van der Waals surface area (Å²) >= 11 is 0. The summed E-state index contributed by atoms with van der Waals surface area (Å²) in [6.07, 6.45) is 4.78. The largest absolute Gasteiger partial charge is 0.496 e. The fourth-order valence-corrected chi connectivity index (χ4v) is 2.42. The molecule has 1 amide bonds. The molecule has 1 aromatic heterocycles. The van der Waals surface area contributed by atoms with Crippen LogP contribution in [0.1, 0.15) is 28.9 Å². The fraction of sp³-hybridized carbons (Fsp3) is 0.333. The second-order valence-corrected chi connectivity index (χ2v) is 5.67. The lowest BCUT2D eigenvalue weighted by Gasteiger charge is -2.09. The maximum atomic E-state index is 12.2. The number of anilines is 1. The van der Waals surface area contributed by atoms with Gasteiger partial charge < -0.3 is 15.4 Å². The number of hydrogen-bond donors (Lipinski definition) is 2. The molecule has 5 heteroatoms. The number of aromatic nitrogens is 1. The summed E-state index contributed by atoms with van der Waals surface area (Å²) in [6.45, 7) is 0.543. The van der Waals surface area contributed by atoms with Crippen LogP contribution >= 0.6 is 0 Å². The summed E-state index contributed by atoms with van der Waals surface area (Å²) in [7, 11) is 1.65. The van der Waals surface area contributed by atoms with Gasteiger partial charge in [0, 0.05) is 24.5 Å². The van der Waals surface area contributed by atoms with Crippen molar-refractivity contribution in [2.45, 2.75) is 25.3 Å². The van der Waals surface area contributed by atoms with E-state index >= 15 is 0 Å². The fourth-order valence-electron chi connectivity index (χ4n) is 2.42. The lowest BCUT2D eigenvalue weighted by Crippen LogP contribution is -2.26. The number of nitrogens with one attached hydrogen (secondary N) is 2. The molecule has 0 saturated heterocycles. The van der Waals surface area contributed by atoms with Crippen LogP contribution in [-0.4, -0.2) is 30.6 Å². The number of rotatable bonds is 7. The Morgan fingerprint density at radius 2 is 2.13 bits per heavy atom. The van der Waals surface area contributed by atoms with E-state index in [4.69, 9.17) is 4.74 Å². The molecule has 1 aliphatic carbocycles. The Kier molecular flexibility index (Phi) is 4.76. The van der Waals surface area contributed by atoms with Gasteiger partial charge in [-0.3, -0.25) is 9.78 Å². The molecular formula is C18H21N3O2. The summed E-state index contributed by atoms with van der Waals surface area (Å²) in [6, 6.07) is 12.1. The minimum atomic E-state index is -0.153. The van der Waals surface area contributed by atoms with E-state index in [0.717, 1.165) is 23.4 Å². The minimum Gasteiger partial charge on any atom is -0.496 e. The third kappa shape index (κ3) is 4.22. The molecule has 2 aromatic rings. The van der Waals surface area contributed by atoms with Gasteiger partial charge >= 0.3 is 0 Å². The molecule has 0 radical (unpaired) electrons. The minimum absolute atomic E-state index is 0.153. The first-order valence-corrected chi connectivity index (χ1v) is 7.89. The van der Waals surface area contributed by atoms with E-state index in [1.54, 1.807) is 19.4 Å². The number of carbonyl (C=O) groups is 1. The summed E-state index contributed by atoms with van der Waals surface area (Å²) in [5.74, 6) is 0.690. The molecule has 0 atom stereocenters. The highest BCUT2D eigenvalue weighted by atomic mass is 16.5. The van der Waals surface area contributed by atoms with E-state index in [9.17, 15) is 4.79 Å². The second-order valence-electron chi connectivity index (χ2n) is 5.67. The number of nitrogens with zero attached hydrogens (tertiary/aromatic N) is 1. The quantitative estimate of drug-likeness (QED) is 0.825. The normalized spacial score (nSPS) is 13.4. The molecule has 0 unspecified atom stereocenters. The van der Waals surface area contributed by atoms with Crippen molar-refractivity contribution in [2.24, 2.45) is 0 Å². The summed E-state index contributed by atoms with van der Waals surface area (Å²) < 4.78 is 5.31. The molecule has 1 heterocycles. The number of amides is 1. The van der Waals surface area contributed by atoms with Crippen LogP contribution in [0.4, 0.5) is 5.69 Å². The number of benzene rings is 1. The van der Waals surface area contributed by atoms with Gasteiger partial charge in [0.1, 0.15) is 11.4 Å². The van der Waals surface area contributed by atoms with Gasteiger partial charge in [-0.15, -0.1) is 0 Å². The van der Waals surface area contributed by atoms with Crippen LogP contribution in [0, 0.1) is 0 Å². The molecule has 0 bridgehead atoms. The first-order chi connectivity index (χ1) is 11.3. The van der Waals surface area contributed by atoms with Gasteiger partial charge in [-0.2, -0.15) is 0 Å². The van der Waals surface area contributed by atoms with Gasteiger partial charge in [-0.05, 0) is 43.0 Å². The van der Waals surface area contributed by atoms with E-state index in [1.165, 1.54) is 12.8 Å². The lowest BCUT2D eigenvalue weighted by atomic mass is 10.1. The predicted octanol–water partition coefficient (Wildman–Crippen LogP) is 2.64. The maximum absolute atomic E-state index is 12.2. The molecule has 3 rings (SSSR count). The standard InChI is InChI=1S/C18H21N3O2/c1-23-17-5-3-2-4-13(17)8-10-20-18(22)16-12-15(9-11-19-16)21-14-6-7-14/h2-5,9,11-12,14H,6-8,10H2,1H3,(H,19,21)(H,20,22). The Bertz CT molecular complexity index is 683. The van der Waals surface area contributed by atoms with Crippen molar-refractivity contribution >= 4 is 11.6 Å². The maximum Gasteiger partial charge on any atom is 0.269 e. The molecule has 1 aromatic carbocycles. The van der Waals surface area contributed by atoms with Crippen LogP contribution in [-0.2, 0) is 6.42 Å². The average molecular weight is 311 g/mol. The topological polar surface area (TPSA) is 63.2 Å². The number of pyridine rings is 1. The Morgan fingerprint density at radius 1 is 1.30 bits per heavy atom. The molecule has 1 saturated carbocycles. The van der Waals surface area contributed by atoms with E-state index in [1.807, 2.05) is 30.3 Å². The number of carbonyl (C=O) groups excluding carboxylic acids is 1. The van der Waals surface area contributed by atoms with Crippen molar-refractivity contribution in [3.05, 3.63) is 53.9 Å². The molecule has 1 fully saturated rings. The van der Waals surface area contributed by atoms with Gasteiger partial charge in [-0.25, -0.2) is 0 Å². The van der Waals surface area contributed by atoms with Crippen molar-refractivity contribution in [2.75, 3.05) is 19.0 Å². The molecule has 1 aliphatic rings. The van der Waals surface area contributed by atoms with Gasteiger partial charge in [0.2, 0.25) is 0 Å². The third-order valence-electron chi connectivity index (χ3n) is 3.81. The van der Waals surface area contributed by atoms with Crippen LogP contribution in [0.25, 0.3) is 0 Å². The Hall–Kier alpha value is -2.56. The van der Waals surface area contributed by atoms with Crippen molar-refractivity contribution < 1.29 is 9.53 Å². The number of methoxy groups -OCH3 is 1. The average Bonchev–Trinajstić information content (AvgIpc) is 3.39. The molecule has 0 aliphatic heterocycles. The first kappa shape index (κ1) is 15.3. The molecule has 2 N–H and O–H groups in total. The van der Waals surface area contributed by atoms with Crippen molar-refractivity contribution in [1.29, 1.82) is 0 Å². The third-order valence-corrected chi connectivity index (χ3v) is 3.81. The molecular weight excluding hydrogens is 290 g/mol. The molecule has 0 spiro atoms. The highest BCUT2D eigenvalue weighted by molar-refractivity contribution is 5.93. The highest BCUT2D eigenvalue weighted by Gasteiger charge is 2.21. The second kappa shape index (κ2) is 7.13. The zero-order valence-corrected chi connectivity index (χ0v) is 13.2. The van der Waals surface area contributed by atoms with E-state index in [2.05, 4.69) is 15.6 Å². The highest BCUT2D eigenvalue weighted by Crippen LogP contribution is 2.24. The molecule has 23 heavy (non-hydrogen) atoms. The van der Waals surface area contributed by atoms with Gasteiger partial charge in [-0.1, -0.05) is 18.2 Å². The monoisotopic (exact) mass is 311 g/mol. The van der Waals surface area contributed by atoms with E-state index < -0.39 is 0 Å². The molecule has 120 valence electrons. The zero-order chi connectivity index (χ0) is 16.1. The van der Waals surface area contributed by atoms with Crippen LogP contribution in [0.3, 0.4) is 0 Å². The van der Waals surface area contributed by atoms with Crippen LogP contribution in [0.15, 0.2) is 42.6 Å². The Labute approximate surface area is 136 Å². The van der Waals surface area contributed by atoms with Gasteiger partial charge in [0.15, 0.2) is 0 Å². The summed E-state index contributed by atoms with van der Waals surface area (Å²) in [5.41, 5.74) is 2.47. The van der Waals surface area contributed by atoms with Crippen molar-refractivity contribution in [1.82, 2.24) is 10.3 Å². The van der Waals surface area contributed by atoms with Crippen molar-refractivity contribution in [3.8, 4) is 5.75 Å². The smallest absolute Gasteiger partial charge is 0.269 e. The van der Waals surface area contributed by atoms with Crippen LogP contribution in [0.2, 0.25) is 0 Å². The lowest BCUT2D eigenvalue weighted by molar-refractivity contribution is 0.0949. The van der Waals surface area contributed by atoms with E-state index in [0.29, 0.717) is 18.3 Å². The number of hydrogen-bond acceptors (Lipinski definition) is 4. The predicted molar refractivity (Wildman–Crippen MR) is 89.9 cm³/mol. The SMILES string of the molecule is COc1ccccc1CCNC(=O)c1cc(NC2CC2)ccn1. The van der Waals surface area contributed by atoms with Crippen LogP contribution in [0.5, 0.6) is 5.75 Å². The summed E-state index contributed by atoms with van der Waals surface area (Å²) in [4.78, 5) is 16.4. The first-order valence-electron chi connectivity index (χ1n) is 7.89. The summed E-state index contributed by atoms with van der Waals surface area (Å²) in [5, 5.41) is 6.28. The number of ether oxygens (including phenoxy) is 1. The zero-order valence-electron chi connectivity index (χ0n) is 13.2. The van der Waals surface area contributed by atoms with Crippen molar-refractivity contribution in [3.63, 3.8) is 0 Å². The van der Waals surface area contributed by atoms with Gasteiger partial charge in [0.25, 0.3) is 5.91 Å². The Morgan fingerprint density at radius 3 is 2.91 bits per heavy atom. The Balaban J connectivity index is 1.54. The van der Waals surface area contributed by atoms with E-state index in [-0.39, 0.29) is 5.91 Å². The molecule has 5 nitrogen and oxygen atoms in total. The van der Waals surface area contributed by atoms with Gasteiger partial charge in [0.05, 0.1) is 7.11 Å².